The van der Waals surface area contributed by atoms with E-state index in [4.69, 9.17) is 5.73 Å². The third kappa shape index (κ3) is 3.68. The number of pyridine rings is 2. The van der Waals surface area contributed by atoms with Gasteiger partial charge in [0.2, 0.25) is 0 Å². The molecule has 0 spiro atoms. The van der Waals surface area contributed by atoms with Crippen molar-refractivity contribution in [3.8, 4) is 0 Å². The van der Waals surface area contributed by atoms with Crippen LogP contribution >= 0.6 is 0 Å². The fraction of sp³-hybridized carbons (Fsp3) is 0.250. The quantitative estimate of drug-likeness (QED) is 0.740. The highest BCUT2D eigenvalue weighted by atomic mass is 16.1. The lowest BCUT2D eigenvalue weighted by molar-refractivity contribution is 0.0997. The van der Waals surface area contributed by atoms with E-state index in [0.717, 1.165) is 37.3 Å². The van der Waals surface area contributed by atoms with E-state index in [-0.39, 0.29) is 5.69 Å². The number of carbonyl (C=O) groups is 1. The molecular weight excluding hydrogens is 340 g/mol. The van der Waals surface area contributed by atoms with E-state index in [1.807, 2.05) is 24.3 Å². The average Bonchev–Trinajstić information content (AvgIpc) is 2.68. The van der Waals surface area contributed by atoms with Crippen LogP contribution in [-0.2, 0) is 0 Å². The molecule has 0 unspecified atom stereocenters. The van der Waals surface area contributed by atoms with E-state index >= 15 is 0 Å². The maximum absolute atomic E-state index is 11.8. The summed E-state index contributed by atoms with van der Waals surface area (Å²) in [7, 11) is 2.15. The van der Waals surface area contributed by atoms with Gasteiger partial charge < -0.3 is 20.9 Å². The maximum Gasteiger partial charge on any atom is 0.269 e. The van der Waals surface area contributed by atoms with Gasteiger partial charge in [0.1, 0.15) is 0 Å². The molecule has 1 amide bonds. The Labute approximate surface area is 157 Å². The summed E-state index contributed by atoms with van der Waals surface area (Å²) in [4.78, 5) is 24.9. The molecule has 2 aromatic heterocycles. The fourth-order valence-electron chi connectivity index (χ4n) is 3.28. The normalized spacial score (nSPS) is 15.1. The van der Waals surface area contributed by atoms with Crippen molar-refractivity contribution in [1.29, 1.82) is 0 Å². The molecule has 7 heteroatoms. The highest BCUT2D eigenvalue weighted by Crippen LogP contribution is 2.26. The Hall–Kier alpha value is -3.19. The molecule has 0 aliphatic carbocycles. The van der Waals surface area contributed by atoms with E-state index in [0.29, 0.717) is 11.2 Å². The minimum Gasteiger partial charge on any atom is -0.369 e. The van der Waals surface area contributed by atoms with Gasteiger partial charge in [-0.2, -0.15) is 0 Å². The second-order valence-corrected chi connectivity index (χ2v) is 6.78. The molecule has 3 heterocycles. The van der Waals surface area contributed by atoms with Gasteiger partial charge in [-0.1, -0.05) is 0 Å². The zero-order chi connectivity index (χ0) is 18.8. The lowest BCUT2D eigenvalue weighted by atomic mass is 10.2. The van der Waals surface area contributed by atoms with Crippen LogP contribution in [0, 0.1) is 0 Å². The van der Waals surface area contributed by atoms with Crippen LogP contribution in [0.1, 0.15) is 10.5 Å². The first-order chi connectivity index (χ1) is 13.1. The summed E-state index contributed by atoms with van der Waals surface area (Å²) < 4.78 is 0. The van der Waals surface area contributed by atoms with Crippen molar-refractivity contribution in [2.24, 2.45) is 5.73 Å². The largest absolute Gasteiger partial charge is 0.369 e. The number of piperazine rings is 1. The number of nitrogens with zero attached hydrogens (tertiary/aromatic N) is 4. The third-order valence-corrected chi connectivity index (χ3v) is 4.87. The van der Waals surface area contributed by atoms with Gasteiger partial charge in [0.15, 0.2) is 5.69 Å². The van der Waals surface area contributed by atoms with E-state index < -0.39 is 5.91 Å². The van der Waals surface area contributed by atoms with Gasteiger partial charge in [0.25, 0.3) is 5.91 Å². The SMILES string of the molecule is CN1CCN(c2ccc(Nc3cc4ccncc4nc3C(N)=O)cc2)CC1. The molecule has 0 bridgehead atoms. The van der Waals surface area contributed by atoms with E-state index in [1.165, 1.54) is 5.69 Å². The van der Waals surface area contributed by atoms with Crippen molar-refractivity contribution in [2.75, 3.05) is 43.4 Å². The second-order valence-electron chi connectivity index (χ2n) is 6.78. The fourth-order valence-corrected chi connectivity index (χ4v) is 3.28. The topological polar surface area (TPSA) is 87.4 Å². The number of likely N-dealkylation sites (N-methyl/N-ethyl adjacent to an activating group) is 1. The zero-order valence-corrected chi connectivity index (χ0v) is 15.2. The standard InChI is InChI=1S/C20H22N6O/c1-25-8-10-26(11-9-25)16-4-2-15(3-5-16)23-17-12-14-6-7-22-13-18(14)24-19(17)20(21)27/h2-7,12-13,23H,8-11H2,1H3,(H2,21,27). The molecule has 1 fully saturated rings. The van der Waals surface area contributed by atoms with Gasteiger partial charge in [-0.3, -0.25) is 9.78 Å². The van der Waals surface area contributed by atoms with Crippen molar-refractivity contribution in [2.45, 2.75) is 0 Å². The van der Waals surface area contributed by atoms with E-state index in [1.54, 1.807) is 12.4 Å². The van der Waals surface area contributed by atoms with Gasteiger partial charge >= 0.3 is 0 Å². The van der Waals surface area contributed by atoms with Crippen LogP contribution in [0.25, 0.3) is 10.9 Å². The van der Waals surface area contributed by atoms with Crippen molar-refractivity contribution in [3.63, 3.8) is 0 Å². The van der Waals surface area contributed by atoms with Gasteiger partial charge in [-0.15, -0.1) is 0 Å². The van der Waals surface area contributed by atoms with Gasteiger partial charge in [0, 0.05) is 49.1 Å². The Kier molecular flexibility index (Phi) is 4.60. The van der Waals surface area contributed by atoms with Gasteiger partial charge in [-0.25, -0.2) is 4.98 Å². The number of fused-ring (bicyclic) bond motifs is 1. The molecule has 138 valence electrons. The Morgan fingerprint density at radius 2 is 1.85 bits per heavy atom. The molecule has 0 atom stereocenters. The number of hydrogen-bond donors (Lipinski definition) is 2. The molecule has 7 nitrogen and oxygen atoms in total. The minimum atomic E-state index is -0.572. The first kappa shape index (κ1) is 17.2. The first-order valence-electron chi connectivity index (χ1n) is 8.95. The summed E-state index contributed by atoms with van der Waals surface area (Å²) in [5.41, 5.74) is 9.04. The first-order valence-corrected chi connectivity index (χ1v) is 8.95. The lowest BCUT2D eigenvalue weighted by Gasteiger charge is -2.34. The molecule has 3 N–H and O–H groups in total. The van der Waals surface area contributed by atoms with Crippen LogP contribution < -0.4 is 16.0 Å². The van der Waals surface area contributed by atoms with Crippen LogP contribution in [0.15, 0.2) is 48.8 Å². The molecule has 1 aliphatic rings. The number of rotatable bonds is 4. The third-order valence-electron chi connectivity index (χ3n) is 4.87. The van der Waals surface area contributed by atoms with E-state index in [2.05, 4.69) is 44.3 Å². The molecule has 1 saturated heterocycles. The number of aromatic nitrogens is 2. The number of benzene rings is 1. The van der Waals surface area contributed by atoms with E-state index in [9.17, 15) is 4.79 Å². The van der Waals surface area contributed by atoms with Crippen LogP contribution in [0.3, 0.4) is 0 Å². The maximum atomic E-state index is 11.8. The summed E-state index contributed by atoms with van der Waals surface area (Å²) in [5.74, 6) is -0.572. The second kappa shape index (κ2) is 7.20. The molecule has 1 aromatic carbocycles. The van der Waals surface area contributed by atoms with Crippen LogP contribution in [0.4, 0.5) is 17.1 Å². The number of primary amides is 1. The summed E-state index contributed by atoms with van der Waals surface area (Å²) >= 11 is 0. The van der Waals surface area contributed by atoms with Gasteiger partial charge in [-0.05, 0) is 43.4 Å². The van der Waals surface area contributed by atoms with Crippen LogP contribution in [0.2, 0.25) is 0 Å². The highest BCUT2D eigenvalue weighted by Gasteiger charge is 2.15. The smallest absolute Gasteiger partial charge is 0.269 e. The molecule has 27 heavy (non-hydrogen) atoms. The Morgan fingerprint density at radius 3 is 2.56 bits per heavy atom. The monoisotopic (exact) mass is 362 g/mol. The molecule has 3 aromatic rings. The summed E-state index contributed by atoms with van der Waals surface area (Å²) in [6.07, 6.45) is 3.32. The molecule has 0 radical (unpaired) electrons. The molecule has 0 saturated carbocycles. The van der Waals surface area contributed by atoms with Crippen LogP contribution in [0.5, 0.6) is 0 Å². The molecule has 4 rings (SSSR count). The molecular formula is C20H22N6O. The Morgan fingerprint density at radius 1 is 1.11 bits per heavy atom. The summed E-state index contributed by atoms with van der Waals surface area (Å²) in [6, 6.07) is 11.9. The average molecular weight is 362 g/mol. The number of nitrogens with one attached hydrogen (secondary N) is 1. The number of anilines is 3. The number of nitrogens with two attached hydrogens (primary N) is 1. The lowest BCUT2D eigenvalue weighted by Crippen LogP contribution is -2.44. The van der Waals surface area contributed by atoms with Crippen molar-refractivity contribution in [3.05, 3.63) is 54.5 Å². The predicted molar refractivity (Wildman–Crippen MR) is 107 cm³/mol. The predicted octanol–water partition coefficient (Wildman–Crippen LogP) is 2.22. The van der Waals surface area contributed by atoms with Crippen molar-refractivity contribution < 1.29 is 4.79 Å². The number of hydrogen-bond acceptors (Lipinski definition) is 6. The summed E-state index contributed by atoms with van der Waals surface area (Å²) in [6.45, 7) is 4.19. The van der Waals surface area contributed by atoms with Crippen LogP contribution in [-0.4, -0.2) is 54.0 Å². The van der Waals surface area contributed by atoms with Crippen molar-refractivity contribution in [1.82, 2.24) is 14.9 Å². The summed E-state index contributed by atoms with van der Waals surface area (Å²) in [5, 5.41) is 4.17. The Bertz CT molecular complexity index is 964. The zero-order valence-electron chi connectivity index (χ0n) is 15.2. The highest BCUT2D eigenvalue weighted by molar-refractivity contribution is 6.00. The number of amides is 1. The Balaban J connectivity index is 1.58. The van der Waals surface area contributed by atoms with Crippen molar-refractivity contribution >= 4 is 33.9 Å². The van der Waals surface area contributed by atoms with Gasteiger partial charge in [0.05, 0.1) is 17.4 Å². The number of carbonyl (C=O) groups excluding carboxylic acids is 1. The minimum absolute atomic E-state index is 0.207. The molecule has 1 aliphatic heterocycles.